The lowest BCUT2D eigenvalue weighted by atomic mass is 9.97. The Labute approximate surface area is 121 Å². The van der Waals surface area contributed by atoms with Gasteiger partial charge in [-0.2, -0.15) is 0 Å². The molecule has 0 saturated carbocycles. The van der Waals surface area contributed by atoms with Gasteiger partial charge in [-0.3, -0.25) is 4.79 Å². The first-order chi connectivity index (χ1) is 10.2. The standard InChI is InChI=1S/C19H13NO/c20-19(21)17-7-3-6-14-10-15-8-12-4-1-2-5-13(12)9-16(15)11-18(14)17/h1-11H,(H2,20,21). The Bertz CT molecular complexity index is 1020. The zero-order valence-electron chi connectivity index (χ0n) is 11.3. The van der Waals surface area contributed by atoms with Gasteiger partial charge in [0.1, 0.15) is 0 Å². The Kier molecular flexibility index (Phi) is 2.45. The second-order valence-electron chi connectivity index (χ2n) is 5.29. The van der Waals surface area contributed by atoms with E-state index in [-0.39, 0.29) is 5.91 Å². The first-order valence-electron chi connectivity index (χ1n) is 6.87. The molecule has 0 aliphatic rings. The number of hydrogen-bond donors (Lipinski definition) is 1. The van der Waals surface area contributed by atoms with Gasteiger partial charge in [0.05, 0.1) is 0 Å². The van der Waals surface area contributed by atoms with Crippen molar-refractivity contribution in [3.05, 3.63) is 72.3 Å². The quantitative estimate of drug-likeness (QED) is 0.517. The topological polar surface area (TPSA) is 43.1 Å². The molecular formula is C19H13NO. The summed E-state index contributed by atoms with van der Waals surface area (Å²) in [6, 6.07) is 22.4. The molecule has 0 atom stereocenters. The minimum Gasteiger partial charge on any atom is -0.366 e. The van der Waals surface area contributed by atoms with E-state index in [4.69, 9.17) is 5.73 Å². The average molecular weight is 271 g/mol. The monoisotopic (exact) mass is 271 g/mol. The van der Waals surface area contributed by atoms with Crippen LogP contribution in [0.4, 0.5) is 0 Å². The van der Waals surface area contributed by atoms with Gasteiger partial charge in [0, 0.05) is 5.56 Å². The highest BCUT2D eigenvalue weighted by atomic mass is 16.1. The summed E-state index contributed by atoms with van der Waals surface area (Å²) < 4.78 is 0. The highest BCUT2D eigenvalue weighted by molar-refractivity contribution is 6.11. The number of fused-ring (bicyclic) bond motifs is 3. The van der Waals surface area contributed by atoms with Crippen molar-refractivity contribution in [3.8, 4) is 0 Å². The molecule has 21 heavy (non-hydrogen) atoms. The van der Waals surface area contributed by atoms with E-state index in [1.165, 1.54) is 16.2 Å². The first-order valence-corrected chi connectivity index (χ1v) is 6.87. The minimum atomic E-state index is -0.388. The summed E-state index contributed by atoms with van der Waals surface area (Å²) >= 11 is 0. The third-order valence-electron chi connectivity index (χ3n) is 3.97. The largest absolute Gasteiger partial charge is 0.366 e. The van der Waals surface area contributed by atoms with Crippen LogP contribution in [0.2, 0.25) is 0 Å². The second kappa shape index (κ2) is 4.32. The maximum atomic E-state index is 11.6. The molecule has 0 aliphatic carbocycles. The van der Waals surface area contributed by atoms with E-state index < -0.39 is 0 Å². The number of hydrogen-bond acceptors (Lipinski definition) is 1. The van der Waals surface area contributed by atoms with Gasteiger partial charge in [-0.1, -0.05) is 36.4 Å². The highest BCUT2D eigenvalue weighted by Crippen LogP contribution is 2.28. The molecule has 0 aromatic heterocycles. The molecule has 100 valence electrons. The smallest absolute Gasteiger partial charge is 0.249 e. The SMILES string of the molecule is NC(=O)c1cccc2cc3cc4ccccc4cc3cc12. The van der Waals surface area contributed by atoms with E-state index in [1.807, 2.05) is 24.3 Å². The summed E-state index contributed by atoms with van der Waals surface area (Å²) in [6.45, 7) is 0. The van der Waals surface area contributed by atoms with Gasteiger partial charge in [-0.25, -0.2) is 0 Å². The molecule has 0 radical (unpaired) electrons. The Morgan fingerprint density at radius 1 is 0.667 bits per heavy atom. The number of rotatable bonds is 1. The van der Waals surface area contributed by atoms with Crippen LogP contribution in [-0.4, -0.2) is 5.91 Å². The van der Waals surface area contributed by atoms with Crippen LogP contribution in [0.3, 0.4) is 0 Å². The molecule has 2 N–H and O–H groups in total. The van der Waals surface area contributed by atoms with E-state index >= 15 is 0 Å². The predicted molar refractivity (Wildman–Crippen MR) is 87.5 cm³/mol. The normalized spacial score (nSPS) is 11.2. The van der Waals surface area contributed by atoms with Crippen molar-refractivity contribution >= 4 is 38.2 Å². The lowest BCUT2D eigenvalue weighted by Crippen LogP contribution is -2.11. The van der Waals surface area contributed by atoms with Gasteiger partial charge in [-0.15, -0.1) is 0 Å². The van der Waals surface area contributed by atoms with Crippen LogP contribution >= 0.6 is 0 Å². The van der Waals surface area contributed by atoms with Gasteiger partial charge < -0.3 is 5.73 Å². The van der Waals surface area contributed by atoms with Gasteiger partial charge in [0.15, 0.2) is 0 Å². The molecule has 0 spiro atoms. The van der Waals surface area contributed by atoms with Crippen molar-refractivity contribution in [2.24, 2.45) is 5.73 Å². The fourth-order valence-corrected chi connectivity index (χ4v) is 2.93. The van der Waals surface area contributed by atoms with Gasteiger partial charge >= 0.3 is 0 Å². The molecular weight excluding hydrogens is 258 g/mol. The number of carbonyl (C=O) groups is 1. The maximum absolute atomic E-state index is 11.6. The van der Waals surface area contributed by atoms with Crippen LogP contribution in [0.5, 0.6) is 0 Å². The van der Waals surface area contributed by atoms with Crippen LogP contribution in [0.15, 0.2) is 66.7 Å². The van der Waals surface area contributed by atoms with E-state index in [1.54, 1.807) is 6.07 Å². The number of benzene rings is 4. The summed E-state index contributed by atoms with van der Waals surface area (Å²) in [5.74, 6) is -0.388. The van der Waals surface area contributed by atoms with E-state index in [2.05, 4.69) is 36.4 Å². The lowest BCUT2D eigenvalue weighted by molar-refractivity contribution is 0.100. The molecule has 0 unspecified atom stereocenters. The van der Waals surface area contributed by atoms with Gasteiger partial charge in [-0.05, 0) is 62.6 Å². The van der Waals surface area contributed by atoms with Crippen LogP contribution < -0.4 is 5.73 Å². The number of amides is 1. The third kappa shape index (κ3) is 1.84. The maximum Gasteiger partial charge on any atom is 0.249 e. The van der Waals surface area contributed by atoms with Crippen LogP contribution in [0.25, 0.3) is 32.3 Å². The molecule has 1 amide bonds. The fourth-order valence-electron chi connectivity index (χ4n) is 2.93. The first kappa shape index (κ1) is 11.9. The van der Waals surface area contributed by atoms with Gasteiger partial charge in [0.2, 0.25) is 5.91 Å². The Morgan fingerprint density at radius 3 is 1.90 bits per heavy atom. The molecule has 2 nitrogen and oxygen atoms in total. The van der Waals surface area contributed by atoms with Crippen molar-refractivity contribution in [3.63, 3.8) is 0 Å². The molecule has 4 aromatic carbocycles. The van der Waals surface area contributed by atoms with Crippen molar-refractivity contribution in [2.45, 2.75) is 0 Å². The van der Waals surface area contributed by atoms with Crippen molar-refractivity contribution in [2.75, 3.05) is 0 Å². The Hall–Kier alpha value is -2.87. The third-order valence-corrected chi connectivity index (χ3v) is 3.97. The Morgan fingerprint density at radius 2 is 1.24 bits per heavy atom. The minimum absolute atomic E-state index is 0.388. The number of carbonyl (C=O) groups excluding carboxylic acids is 1. The van der Waals surface area contributed by atoms with E-state index in [9.17, 15) is 4.79 Å². The van der Waals surface area contributed by atoms with Crippen molar-refractivity contribution in [1.29, 1.82) is 0 Å². The molecule has 0 fully saturated rings. The Balaban J connectivity index is 2.15. The summed E-state index contributed by atoms with van der Waals surface area (Å²) in [5.41, 5.74) is 6.05. The van der Waals surface area contributed by atoms with E-state index in [0.717, 1.165) is 16.2 Å². The molecule has 0 aliphatic heterocycles. The second-order valence-corrected chi connectivity index (χ2v) is 5.29. The molecule has 0 saturated heterocycles. The molecule has 0 heterocycles. The number of nitrogens with two attached hydrogens (primary N) is 1. The van der Waals surface area contributed by atoms with Crippen molar-refractivity contribution in [1.82, 2.24) is 0 Å². The van der Waals surface area contributed by atoms with Crippen molar-refractivity contribution < 1.29 is 4.79 Å². The predicted octanol–water partition coefficient (Wildman–Crippen LogP) is 4.25. The number of primary amides is 1. The zero-order chi connectivity index (χ0) is 14.4. The lowest BCUT2D eigenvalue weighted by Gasteiger charge is -2.07. The van der Waals surface area contributed by atoms with Crippen LogP contribution in [0, 0.1) is 0 Å². The molecule has 2 heteroatoms. The molecule has 0 bridgehead atoms. The molecule has 4 aromatic rings. The van der Waals surface area contributed by atoms with E-state index in [0.29, 0.717) is 5.56 Å². The van der Waals surface area contributed by atoms with Gasteiger partial charge in [0.25, 0.3) is 0 Å². The zero-order valence-corrected chi connectivity index (χ0v) is 11.3. The fraction of sp³-hybridized carbons (Fsp3) is 0. The van der Waals surface area contributed by atoms with Crippen LogP contribution in [-0.2, 0) is 0 Å². The summed E-state index contributed by atoms with van der Waals surface area (Å²) in [7, 11) is 0. The molecule has 4 rings (SSSR count). The summed E-state index contributed by atoms with van der Waals surface area (Å²) in [5, 5.41) is 6.65. The highest BCUT2D eigenvalue weighted by Gasteiger charge is 2.07. The van der Waals surface area contributed by atoms with Crippen LogP contribution in [0.1, 0.15) is 10.4 Å². The average Bonchev–Trinajstić information content (AvgIpc) is 2.50. The summed E-state index contributed by atoms with van der Waals surface area (Å²) in [4.78, 5) is 11.6. The summed E-state index contributed by atoms with van der Waals surface area (Å²) in [6.07, 6.45) is 0.